The van der Waals surface area contributed by atoms with Gasteiger partial charge in [0.15, 0.2) is 0 Å². The maximum atomic E-state index is 11.5. The van der Waals surface area contributed by atoms with Gasteiger partial charge in [-0.1, -0.05) is 6.92 Å². The number of carbonyl (C=O) groups is 1. The Kier molecular flexibility index (Phi) is 4.39. The third-order valence-corrected chi connectivity index (χ3v) is 2.62. The van der Waals surface area contributed by atoms with Gasteiger partial charge < -0.3 is 15.4 Å². The summed E-state index contributed by atoms with van der Waals surface area (Å²) in [4.78, 5) is 13.1. The number of rotatable bonds is 3. The first-order valence-corrected chi connectivity index (χ1v) is 5.40. The van der Waals surface area contributed by atoms with Crippen molar-refractivity contribution in [2.24, 2.45) is 11.7 Å². The van der Waals surface area contributed by atoms with Crippen molar-refractivity contribution < 1.29 is 9.53 Å². The number of ether oxygens (including phenoxy) is 1. The number of amidine groups is 1. The Hall–Kier alpha value is -1.26. The third kappa shape index (κ3) is 3.42. The third-order valence-electron chi connectivity index (χ3n) is 2.62. The molecule has 1 saturated heterocycles. The Morgan fingerprint density at radius 1 is 1.53 bits per heavy atom. The lowest BCUT2D eigenvalue weighted by Gasteiger charge is -2.30. The topological polar surface area (TPSA) is 79.4 Å². The highest BCUT2D eigenvalue weighted by atomic mass is 16.6. The predicted molar refractivity (Wildman–Crippen MR) is 57.9 cm³/mol. The molecule has 0 atom stereocenters. The van der Waals surface area contributed by atoms with E-state index >= 15 is 0 Å². The highest BCUT2D eigenvalue weighted by Gasteiger charge is 2.24. The smallest absolute Gasteiger partial charge is 0.409 e. The Balaban J connectivity index is 2.30. The van der Waals surface area contributed by atoms with Crippen molar-refractivity contribution in [1.29, 1.82) is 5.41 Å². The van der Waals surface area contributed by atoms with Crippen LogP contribution in [-0.4, -0.2) is 36.5 Å². The first-order valence-electron chi connectivity index (χ1n) is 5.40. The number of nitrogens with two attached hydrogens (primary N) is 1. The van der Waals surface area contributed by atoms with Gasteiger partial charge in [-0.2, -0.15) is 0 Å². The highest BCUT2D eigenvalue weighted by molar-refractivity contribution is 5.80. The fourth-order valence-corrected chi connectivity index (χ4v) is 1.65. The molecule has 1 heterocycles. The van der Waals surface area contributed by atoms with Crippen molar-refractivity contribution in [2.45, 2.75) is 26.2 Å². The van der Waals surface area contributed by atoms with Gasteiger partial charge in [-0.15, -0.1) is 0 Å². The summed E-state index contributed by atoms with van der Waals surface area (Å²) in [5.41, 5.74) is 5.42. The molecule has 0 aromatic rings. The molecule has 86 valence electrons. The summed E-state index contributed by atoms with van der Waals surface area (Å²) in [5.74, 6) is 0.372. The lowest BCUT2D eigenvalue weighted by atomic mass is 9.96. The van der Waals surface area contributed by atoms with Crippen LogP contribution < -0.4 is 5.73 Å². The van der Waals surface area contributed by atoms with Crippen LogP contribution in [0.4, 0.5) is 4.79 Å². The van der Waals surface area contributed by atoms with Gasteiger partial charge in [0.25, 0.3) is 0 Å². The number of nitrogens with one attached hydrogen (secondary N) is 1. The number of likely N-dealkylation sites (tertiary alicyclic amines) is 1. The summed E-state index contributed by atoms with van der Waals surface area (Å²) in [7, 11) is 0. The molecule has 1 amide bonds. The van der Waals surface area contributed by atoms with E-state index in [4.69, 9.17) is 15.9 Å². The molecular weight excluding hydrogens is 194 g/mol. The Morgan fingerprint density at radius 2 is 2.13 bits per heavy atom. The van der Waals surface area contributed by atoms with Gasteiger partial charge in [0, 0.05) is 19.0 Å². The fourth-order valence-electron chi connectivity index (χ4n) is 1.65. The zero-order valence-electron chi connectivity index (χ0n) is 9.16. The Labute approximate surface area is 90.1 Å². The van der Waals surface area contributed by atoms with Crippen LogP contribution in [0, 0.1) is 11.3 Å². The number of piperidine rings is 1. The van der Waals surface area contributed by atoms with Gasteiger partial charge in [-0.3, -0.25) is 5.41 Å². The van der Waals surface area contributed by atoms with E-state index in [0.29, 0.717) is 19.7 Å². The van der Waals surface area contributed by atoms with E-state index in [1.54, 1.807) is 4.90 Å². The fraction of sp³-hybridized carbons (Fsp3) is 0.800. The summed E-state index contributed by atoms with van der Waals surface area (Å²) < 4.78 is 5.03. The standard InChI is InChI=1S/C10H19N3O2/c1-2-7-15-10(14)13-5-3-8(4-6-13)9(11)12/h8H,2-7H2,1H3,(H3,11,12). The number of hydrogen-bond acceptors (Lipinski definition) is 3. The van der Waals surface area contributed by atoms with Crippen molar-refractivity contribution in [3.05, 3.63) is 0 Å². The minimum absolute atomic E-state index is 0.139. The highest BCUT2D eigenvalue weighted by Crippen LogP contribution is 2.17. The average Bonchev–Trinajstić information content (AvgIpc) is 2.26. The zero-order chi connectivity index (χ0) is 11.3. The Morgan fingerprint density at radius 3 is 2.60 bits per heavy atom. The Bertz CT molecular complexity index is 235. The largest absolute Gasteiger partial charge is 0.449 e. The number of carbonyl (C=O) groups excluding carboxylic acids is 1. The normalized spacial score (nSPS) is 17.5. The van der Waals surface area contributed by atoms with Crippen molar-refractivity contribution >= 4 is 11.9 Å². The molecular formula is C10H19N3O2. The molecule has 15 heavy (non-hydrogen) atoms. The van der Waals surface area contributed by atoms with Crippen molar-refractivity contribution in [3.8, 4) is 0 Å². The second-order valence-corrected chi connectivity index (χ2v) is 3.83. The molecule has 0 aliphatic carbocycles. The van der Waals surface area contributed by atoms with Gasteiger partial charge in [-0.05, 0) is 19.3 Å². The van der Waals surface area contributed by atoms with Crippen LogP contribution in [0.3, 0.4) is 0 Å². The number of hydrogen-bond donors (Lipinski definition) is 2. The zero-order valence-corrected chi connectivity index (χ0v) is 9.16. The van der Waals surface area contributed by atoms with Crippen LogP contribution in [-0.2, 0) is 4.74 Å². The van der Waals surface area contributed by atoms with E-state index in [0.717, 1.165) is 19.3 Å². The van der Waals surface area contributed by atoms with Gasteiger partial charge in [0.1, 0.15) is 0 Å². The quantitative estimate of drug-likeness (QED) is 0.545. The molecule has 1 aliphatic heterocycles. The van der Waals surface area contributed by atoms with E-state index in [2.05, 4.69) is 0 Å². The summed E-state index contributed by atoms with van der Waals surface area (Å²) >= 11 is 0. The molecule has 3 N–H and O–H groups in total. The van der Waals surface area contributed by atoms with E-state index in [1.807, 2.05) is 6.92 Å². The molecule has 0 saturated carbocycles. The average molecular weight is 213 g/mol. The lowest BCUT2D eigenvalue weighted by molar-refractivity contribution is 0.0920. The SMILES string of the molecule is CCCOC(=O)N1CCC(C(=N)N)CC1. The van der Waals surface area contributed by atoms with E-state index in [9.17, 15) is 4.79 Å². The van der Waals surface area contributed by atoms with Crippen LogP contribution in [0.5, 0.6) is 0 Å². The van der Waals surface area contributed by atoms with Crippen LogP contribution in [0.1, 0.15) is 26.2 Å². The summed E-state index contributed by atoms with van der Waals surface area (Å²) in [6.07, 6.45) is 2.15. The summed E-state index contributed by atoms with van der Waals surface area (Å²) in [6.45, 7) is 3.74. The first kappa shape index (κ1) is 11.8. The van der Waals surface area contributed by atoms with E-state index in [1.165, 1.54) is 0 Å². The monoisotopic (exact) mass is 213 g/mol. The van der Waals surface area contributed by atoms with Gasteiger partial charge >= 0.3 is 6.09 Å². The lowest BCUT2D eigenvalue weighted by Crippen LogP contribution is -2.41. The molecule has 0 spiro atoms. The van der Waals surface area contributed by atoms with Crippen molar-refractivity contribution in [2.75, 3.05) is 19.7 Å². The molecule has 0 aromatic heterocycles. The maximum absolute atomic E-state index is 11.5. The number of amides is 1. The molecule has 0 aromatic carbocycles. The predicted octanol–water partition coefficient (Wildman–Crippen LogP) is 1.18. The van der Waals surface area contributed by atoms with Crippen LogP contribution in [0.15, 0.2) is 0 Å². The van der Waals surface area contributed by atoms with Gasteiger partial charge in [0.2, 0.25) is 0 Å². The summed E-state index contributed by atoms with van der Waals surface area (Å²) in [5, 5.41) is 7.32. The van der Waals surface area contributed by atoms with Gasteiger partial charge in [-0.25, -0.2) is 4.79 Å². The maximum Gasteiger partial charge on any atom is 0.409 e. The van der Waals surface area contributed by atoms with E-state index < -0.39 is 0 Å². The van der Waals surface area contributed by atoms with Crippen molar-refractivity contribution in [1.82, 2.24) is 4.90 Å². The number of nitrogens with zero attached hydrogens (tertiary/aromatic N) is 1. The second kappa shape index (κ2) is 5.58. The molecule has 1 rings (SSSR count). The minimum atomic E-state index is -0.237. The molecule has 1 fully saturated rings. The second-order valence-electron chi connectivity index (χ2n) is 3.83. The molecule has 0 bridgehead atoms. The van der Waals surface area contributed by atoms with Gasteiger partial charge in [0.05, 0.1) is 12.4 Å². The van der Waals surface area contributed by atoms with E-state index in [-0.39, 0.29) is 17.8 Å². The molecule has 0 radical (unpaired) electrons. The summed E-state index contributed by atoms with van der Waals surface area (Å²) in [6, 6.07) is 0. The van der Waals surface area contributed by atoms with Crippen molar-refractivity contribution in [3.63, 3.8) is 0 Å². The molecule has 5 heteroatoms. The molecule has 5 nitrogen and oxygen atoms in total. The van der Waals surface area contributed by atoms with Crippen LogP contribution in [0.25, 0.3) is 0 Å². The first-order chi connectivity index (χ1) is 7.15. The minimum Gasteiger partial charge on any atom is -0.449 e. The van der Waals surface area contributed by atoms with Crippen LogP contribution in [0.2, 0.25) is 0 Å². The molecule has 1 aliphatic rings. The van der Waals surface area contributed by atoms with Crippen LogP contribution >= 0.6 is 0 Å². The molecule has 0 unspecified atom stereocenters.